The zero-order chi connectivity index (χ0) is 27.6. The molecule has 4 heterocycles. The fourth-order valence-electron chi connectivity index (χ4n) is 6.80. The number of aliphatic hydroxyl groups excluding tert-OH is 1. The molecule has 7 rings (SSSR count). The minimum Gasteiger partial charge on any atom is -0.493 e. The second kappa shape index (κ2) is 8.71. The van der Waals surface area contributed by atoms with Gasteiger partial charge in [-0.2, -0.15) is 5.10 Å². The number of hydrogen-bond acceptors (Lipinski definition) is 7. The van der Waals surface area contributed by atoms with Crippen LogP contribution in [0.1, 0.15) is 19.8 Å². The molecule has 10 heteroatoms. The number of nitrogens with zero attached hydrogens (tertiary/aromatic N) is 5. The third kappa shape index (κ3) is 3.35. The topological polar surface area (TPSA) is 111 Å². The van der Waals surface area contributed by atoms with Crippen molar-refractivity contribution in [2.45, 2.75) is 37.1 Å². The normalized spacial score (nSPS) is 28.7. The molecule has 2 bridgehead atoms. The fourth-order valence-corrected chi connectivity index (χ4v) is 6.80. The molecule has 10 nitrogen and oxygen atoms in total. The van der Waals surface area contributed by atoms with Gasteiger partial charge in [0, 0.05) is 12.8 Å². The van der Waals surface area contributed by atoms with Gasteiger partial charge in [0.1, 0.15) is 24.0 Å². The van der Waals surface area contributed by atoms with Crippen molar-refractivity contribution in [2.24, 2.45) is 11.8 Å². The van der Waals surface area contributed by atoms with Crippen molar-refractivity contribution in [3.63, 3.8) is 0 Å². The predicted octanol–water partition coefficient (Wildman–Crippen LogP) is 3.84. The number of anilines is 1. The van der Waals surface area contributed by atoms with Crippen molar-refractivity contribution in [1.82, 2.24) is 14.8 Å². The van der Waals surface area contributed by atoms with Crippen molar-refractivity contribution >= 4 is 34.0 Å². The molecule has 3 aliphatic rings. The Morgan fingerprint density at radius 3 is 2.55 bits per heavy atom. The number of benzene rings is 3. The maximum absolute atomic E-state index is 14.1. The molecule has 3 unspecified atom stereocenters. The molecule has 3 aromatic carbocycles. The Kier molecular flexibility index (Phi) is 5.32. The summed E-state index contributed by atoms with van der Waals surface area (Å²) in [5, 5.41) is 16.5. The lowest BCUT2D eigenvalue weighted by atomic mass is 9.66. The quantitative estimate of drug-likeness (QED) is 0.295. The predicted molar refractivity (Wildman–Crippen MR) is 144 cm³/mol. The number of rotatable bonds is 6. The van der Waals surface area contributed by atoms with Crippen molar-refractivity contribution in [3.05, 3.63) is 84.7 Å². The summed E-state index contributed by atoms with van der Waals surface area (Å²) in [5.41, 5.74) is -0.478. The van der Waals surface area contributed by atoms with Crippen LogP contribution in [0.25, 0.3) is 21.3 Å². The van der Waals surface area contributed by atoms with Crippen LogP contribution in [0.5, 0.6) is 5.75 Å². The van der Waals surface area contributed by atoms with Crippen LogP contribution in [0.15, 0.2) is 73.3 Å². The lowest BCUT2D eigenvalue weighted by Crippen LogP contribution is -2.49. The Hall–Kier alpha value is -4.59. The van der Waals surface area contributed by atoms with Gasteiger partial charge in [-0.05, 0) is 48.0 Å². The van der Waals surface area contributed by atoms with E-state index in [2.05, 4.69) is 14.9 Å². The molecule has 1 N–H and O–H groups in total. The maximum atomic E-state index is 14.1. The van der Waals surface area contributed by atoms with Gasteiger partial charge < -0.3 is 14.6 Å². The highest BCUT2D eigenvalue weighted by Gasteiger charge is 2.77. The van der Waals surface area contributed by atoms with Crippen molar-refractivity contribution in [1.29, 1.82) is 0 Å². The second-order valence-corrected chi connectivity index (χ2v) is 10.7. The van der Waals surface area contributed by atoms with Gasteiger partial charge in [0.25, 0.3) is 0 Å². The lowest BCUT2D eigenvalue weighted by molar-refractivity contribution is -0.134. The van der Waals surface area contributed by atoms with E-state index < -0.39 is 29.1 Å². The number of ether oxygens (including phenoxy) is 2. The highest BCUT2D eigenvalue weighted by atomic mass is 16.6. The van der Waals surface area contributed by atoms with Gasteiger partial charge in [0.2, 0.25) is 11.8 Å². The summed E-state index contributed by atoms with van der Waals surface area (Å²) in [4.78, 5) is 36.7. The van der Waals surface area contributed by atoms with E-state index >= 15 is 0 Å². The Bertz CT molecular complexity index is 1700. The fraction of sp³-hybridized carbons (Fsp3) is 0.300. The lowest BCUT2D eigenvalue weighted by Gasteiger charge is -2.33. The SMILES string of the molecule is [C-]#[N+]c1ccc(N2C(=O)[C@@H]3[C@H](C2=O)C2(C)OC3(CCOc3ccc(-n4cncn4)cc3)CC2O)c2ccccc12. The molecule has 0 aliphatic carbocycles. The minimum absolute atomic E-state index is 0.235. The zero-order valence-corrected chi connectivity index (χ0v) is 21.6. The molecule has 4 aromatic rings. The first kappa shape index (κ1) is 24.5. The van der Waals surface area contributed by atoms with Gasteiger partial charge in [0.15, 0.2) is 5.69 Å². The first-order chi connectivity index (χ1) is 19.4. The van der Waals surface area contributed by atoms with Crippen LogP contribution in [0.4, 0.5) is 11.4 Å². The molecule has 3 saturated heterocycles. The number of aliphatic hydroxyl groups is 1. The highest BCUT2D eigenvalue weighted by molar-refractivity contribution is 6.26. The first-order valence-electron chi connectivity index (χ1n) is 13.1. The van der Waals surface area contributed by atoms with Crippen LogP contribution in [-0.2, 0) is 14.3 Å². The number of carbonyl (C=O) groups is 2. The summed E-state index contributed by atoms with van der Waals surface area (Å²) in [6.45, 7) is 9.47. The molecular formula is C30H25N5O5. The zero-order valence-electron chi connectivity index (χ0n) is 21.6. The van der Waals surface area contributed by atoms with Gasteiger partial charge >= 0.3 is 0 Å². The van der Waals surface area contributed by atoms with E-state index in [0.717, 1.165) is 5.69 Å². The molecular weight excluding hydrogens is 510 g/mol. The Morgan fingerprint density at radius 1 is 1.07 bits per heavy atom. The average Bonchev–Trinajstić information content (AvgIpc) is 3.70. The van der Waals surface area contributed by atoms with Crippen molar-refractivity contribution in [3.8, 4) is 11.4 Å². The van der Waals surface area contributed by atoms with Gasteiger partial charge in [-0.15, -0.1) is 0 Å². The average molecular weight is 536 g/mol. The van der Waals surface area contributed by atoms with Crippen molar-refractivity contribution < 1.29 is 24.2 Å². The molecule has 0 saturated carbocycles. The molecule has 40 heavy (non-hydrogen) atoms. The number of carbonyl (C=O) groups excluding carboxylic acids is 2. The molecule has 3 aliphatic heterocycles. The number of hydrogen-bond donors (Lipinski definition) is 1. The van der Waals surface area contributed by atoms with E-state index in [4.69, 9.17) is 16.0 Å². The Morgan fingerprint density at radius 2 is 1.82 bits per heavy atom. The molecule has 200 valence electrons. The minimum atomic E-state index is -1.18. The molecule has 3 fully saturated rings. The standard InChI is InChI=1S/C30H25N5O5/c1-29-24(36)15-30(40-29,13-14-39-19-9-7-18(8-10-19)34-17-32-16-33-34)26-25(29)27(37)35(28(26)38)23-12-11-22(31-2)20-5-3-4-6-21(20)23/h3-12,16-17,24-26,36H,13-15H2,1H3/t24?,25-,26+,29?,30?/m1/s1. The largest absolute Gasteiger partial charge is 0.493 e. The van der Waals surface area contributed by atoms with E-state index in [1.165, 1.54) is 11.2 Å². The summed E-state index contributed by atoms with van der Waals surface area (Å²) >= 11 is 0. The van der Waals surface area contributed by atoms with E-state index in [1.54, 1.807) is 30.1 Å². The third-order valence-electron chi connectivity index (χ3n) is 8.67. The summed E-state index contributed by atoms with van der Waals surface area (Å²) in [6.07, 6.45) is 2.74. The Balaban J connectivity index is 1.17. The van der Waals surface area contributed by atoms with Crippen LogP contribution in [0.2, 0.25) is 0 Å². The molecule has 5 atom stereocenters. The van der Waals surface area contributed by atoms with Crippen LogP contribution in [0, 0.1) is 18.4 Å². The number of amides is 2. The molecule has 0 radical (unpaired) electrons. The molecule has 0 spiro atoms. The van der Waals surface area contributed by atoms with E-state index in [1.807, 2.05) is 48.5 Å². The number of imide groups is 1. The Labute approximate surface area is 229 Å². The molecule has 2 amide bonds. The third-order valence-corrected chi connectivity index (χ3v) is 8.67. The van der Waals surface area contributed by atoms with E-state index in [-0.39, 0.29) is 24.8 Å². The van der Waals surface area contributed by atoms with Gasteiger partial charge in [-0.25, -0.2) is 19.4 Å². The smallest absolute Gasteiger partial charge is 0.240 e. The van der Waals surface area contributed by atoms with Gasteiger partial charge in [0.05, 0.1) is 48.1 Å². The summed E-state index contributed by atoms with van der Waals surface area (Å²) < 4.78 is 14.1. The van der Waals surface area contributed by atoms with Gasteiger partial charge in [-0.3, -0.25) is 9.59 Å². The van der Waals surface area contributed by atoms with Gasteiger partial charge in [-0.1, -0.05) is 30.3 Å². The van der Waals surface area contributed by atoms with Crippen LogP contribution in [0.3, 0.4) is 0 Å². The highest BCUT2D eigenvalue weighted by Crippen LogP contribution is 2.62. The van der Waals surface area contributed by atoms with Crippen LogP contribution in [-0.4, -0.2) is 55.6 Å². The second-order valence-electron chi connectivity index (χ2n) is 10.7. The van der Waals surface area contributed by atoms with E-state index in [0.29, 0.717) is 34.3 Å². The monoisotopic (exact) mass is 535 g/mol. The summed E-state index contributed by atoms with van der Waals surface area (Å²) in [6, 6.07) is 17.9. The molecule has 1 aromatic heterocycles. The maximum Gasteiger partial charge on any atom is 0.240 e. The first-order valence-corrected chi connectivity index (χ1v) is 13.1. The summed E-state index contributed by atoms with van der Waals surface area (Å²) in [7, 11) is 0. The van der Waals surface area contributed by atoms with Crippen molar-refractivity contribution in [2.75, 3.05) is 11.5 Å². The van der Waals surface area contributed by atoms with Crippen LogP contribution < -0.4 is 9.64 Å². The number of aromatic nitrogens is 3. The van der Waals surface area contributed by atoms with E-state index in [9.17, 15) is 14.7 Å². The summed E-state index contributed by atoms with van der Waals surface area (Å²) in [5.74, 6) is -1.65. The number of fused-ring (bicyclic) bond motifs is 6. The van der Waals surface area contributed by atoms with Crippen LogP contribution >= 0.6 is 0 Å².